The van der Waals surface area contributed by atoms with E-state index in [4.69, 9.17) is 9.47 Å². The molecule has 3 rings (SSSR count). The first kappa shape index (κ1) is 15.7. The summed E-state index contributed by atoms with van der Waals surface area (Å²) < 4.78 is 10.6. The minimum atomic E-state index is -1.78. The van der Waals surface area contributed by atoms with Gasteiger partial charge in [0, 0.05) is 6.42 Å². The Morgan fingerprint density at radius 1 is 1.09 bits per heavy atom. The molecule has 1 heterocycles. The lowest BCUT2D eigenvalue weighted by Crippen LogP contribution is -2.39. The van der Waals surface area contributed by atoms with E-state index in [0.717, 1.165) is 11.3 Å². The van der Waals surface area contributed by atoms with Crippen LogP contribution in [0.2, 0.25) is 13.1 Å². The van der Waals surface area contributed by atoms with Crippen molar-refractivity contribution in [3.05, 3.63) is 54.1 Å². The van der Waals surface area contributed by atoms with E-state index < -0.39 is 14.2 Å². The van der Waals surface area contributed by atoms with E-state index in [2.05, 4.69) is 36.7 Å². The van der Waals surface area contributed by atoms with Crippen LogP contribution in [0.15, 0.2) is 48.5 Å². The number of ether oxygens (including phenoxy) is 2. The average Bonchev–Trinajstić information content (AvgIpc) is 3.03. The zero-order chi connectivity index (χ0) is 16.3. The molecule has 0 fully saturated rings. The van der Waals surface area contributed by atoms with Crippen molar-refractivity contribution in [1.29, 1.82) is 0 Å². The van der Waals surface area contributed by atoms with Crippen molar-refractivity contribution < 1.29 is 14.6 Å². The highest BCUT2D eigenvalue weighted by Crippen LogP contribution is 2.34. The summed E-state index contributed by atoms with van der Waals surface area (Å²) in [4.78, 5) is 0. The van der Waals surface area contributed by atoms with Crippen molar-refractivity contribution in [2.24, 2.45) is 0 Å². The van der Waals surface area contributed by atoms with Crippen LogP contribution >= 0.6 is 0 Å². The summed E-state index contributed by atoms with van der Waals surface area (Å²) in [6, 6.07) is 15.9. The van der Waals surface area contributed by atoms with Gasteiger partial charge in [0.15, 0.2) is 19.6 Å². The number of fused-ring (bicyclic) bond motifs is 1. The van der Waals surface area contributed by atoms with E-state index in [1.165, 1.54) is 5.19 Å². The maximum atomic E-state index is 10.3. The number of aliphatic hydroxyl groups is 1. The summed E-state index contributed by atoms with van der Waals surface area (Å²) in [5, 5.41) is 11.6. The lowest BCUT2D eigenvalue weighted by atomic mass is 10.1. The maximum Gasteiger partial charge on any atom is 0.231 e. The quantitative estimate of drug-likeness (QED) is 0.697. The summed E-state index contributed by atoms with van der Waals surface area (Å²) >= 11 is 0. The van der Waals surface area contributed by atoms with E-state index >= 15 is 0 Å². The largest absolute Gasteiger partial charge is 0.454 e. The first-order valence-corrected chi connectivity index (χ1v) is 10.7. The summed E-state index contributed by atoms with van der Waals surface area (Å²) in [5.41, 5.74) is 4.21. The fourth-order valence-electron chi connectivity index (χ4n) is 2.53. The summed E-state index contributed by atoms with van der Waals surface area (Å²) in [6.07, 6.45) is -0.194. The van der Waals surface area contributed by atoms with Gasteiger partial charge < -0.3 is 14.6 Å². The Hall–Kier alpha value is -2.22. The van der Waals surface area contributed by atoms with Crippen LogP contribution in [0.5, 0.6) is 11.5 Å². The third-order valence-corrected chi connectivity index (χ3v) is 6.55. The molecule has 0 radical (unpaired) electrons. The summed E-state index contributed by atoms with van der Waals surface area (Å²) in [7, 11) is -1.78. The molecule has 0 saturated carbocycles. The van der Waals surface area contributed by atoms with Gasteiger partial charge in [-0.05, 0) is 22.9 Å². The molecule has 0 aromatic heterocycles. The molecule has 3 nitrogen and oxygen atoms in total. The molecule has 2 aromatic carbocycles. The molecule has 0 unspecified atom stereocenters. The number of rotatable bonds is 3. The van der Waals surface area contributed by atoms with Gasteiger partial charge in [-0.3, -0.25) is 0 Å². The monoisotopic (exact) mass is 324 g/mol. The smallest absolute Gasteiger partial charge is 0.231 e. The van der Waals surface area contributed by atoms with Crippen LogP contribution < -0.4 is 14.7 Å². The van der Waals surface area contributed by atoms with Crippen LogP contribution in [0.4, 0.5) is 0 Å². The Balaban J connectivity index is 1.69. The number of hydrogen-bond donors (Lipinski definition) is 1. The van der Waals surface area contributed by atoms with E-state index in [-0.39, 0.29) is 6.79 Å². The van der Waals surface area contributed by atoms with Crippen molar-refractivity contribution in [3.8, 4) is 23.0 Å². The molecule has 1 aliphatic heterocycles. The van der Waals surface area contributed by atoms with Crippen molar-refractivity contribution in [2.75, 3.05) is 6.79 Å². The van der Waals surface area contributed by atoms with Crippen LogP contribution in [0.1, 0.15) is 18.1 Å². The van der Waals surface area contributed by atoms with E-state index in [0.29, 0.717) is 12.2 Å². The molecular formula is C19H20O3Si. The number of benzene rings is 2. The highest BCUT2D eigenvalue weighted by molar-refractivity contribution is 6.96. The van der Waals surface area contributed by atoms with Crippen LogP contribution in [-0.2, 0) is 0 Å². The molecule has 2 aromatic rings. The van der Waals surface area contributed by atoms with Crippen LogP contribution in [0.3, 0.4) is 0 Å². The Kier molecular flexibility index (Phi) is 4.42. The molecule has 1 N–H and O–H groups in total. The van der Waals surface area contributed by atoms with Gasteiger partial charge in [-0.15, -0.1) is 11.5 Å². The van der Waals surface area contributed by atoms with Crippen molar-refractivity contribution in [2.45, 2.75) is 25.6 Å². The van der Waals surface area contributed by atoms with Gasteiger partial charge in [0.1, 0.15) is 0 Å². The third kappa shape index (κ3) is 3.58. The number of aliphatic hydroxyl groups excluding tert-OH is 1. The second-order valence-electron chi connectivity index (χ2n) is 6.13. The molecular weight excluding hydrogens is 304 g/mol. The molecule has 0 spiro atoms. The fourth-order valence-corrected chi connectivity index (χ4v) is 4.25. The Morgan fingerprint density at radius 3 is 2.61 bits per heavy atom. The van der Waals surface area contributed by atoms with Gasteiger partial charge in [0.2, 0.25) is 6.79 Å². The van der Waals surface area contributed by atoms with E-state index in [1.807, 2.05) is 36.4 Å². The Labute approximate surface area is 137 Å². The normalized spacial score (nSPS) is 14.0. The fraction of sp³-hybridized carbons (Fsp3) is 0.263. The van der Waals surface area contributed by atoms with Crippen LogP contribution in [0.25, 0.3) is 0 Å². The van der Waals surface area contributed by atoms with Gasteiger partial charge in [-0.1, -0.05) is 49.5 Å². The second kappa shape index (κ2) is 6.49. The zero-order valence-electron chi connectivity index (χ0n) is 13.4. The summed E-state index contributed by atoms with van der Waals surface area (Å²) in [6.45, 7) is 4.69. The molecule has 0 bridgehead atoms. The van der Waals surface area contributed by atoms with E-state index in [1.54, 1.807) is 0 Å². The Morgan fingerprint density at radius 2 is 1.83 bits per heavy atom. The van der Waals surface area contributed by atoms with Crippen molar-refractivity contribution in [1.82, 2.24) is 0 Å². The maximum absolute atomic E-state index is 10.3. The topological polar surface area (TPSA) is 38.7 Å². The second-order valence-corrected chi connectivity index (χ2v) is 10.2. The van der Waals surface area contributed by atoms with Gasteiger partial charge >= 0.3 is 0 Å². The summed E-state index contributed by atoms with van der Waals surface area (Å²) in [5.74, 6) is 4.59. The van der Waals surface area contributed by atoms with E-state index in [9.17, 15) is 5.11 Å². The minimum Gasteiger partial charge on any atom is -0.454 e. The lowest BCUT2D eigenvalue weighted by Gasteiger charge is -2.15. The lowest BCUT2D eigenvalue weighted by molar-refractivity contribution is 0.172. The third-order valence-electron chi connectivity index (χ3n) is 3.97. The number of hydrogen-bond acceptors (Lipinski definition) is 3. The predicted molar refractivity (Wildman–Crippen MR) is 93.5 cm³/mol. The minimum absolute atomic E-state index is 0.242. The highest BCUT2D eigenvalue weighted by atomic mass is 28.3. The van der Waals surface area contributed by atoms with Gasteiger partial charge in [0.05, 0.1) is 6.10 Å². The van der Waals surface area contributed by atoms with Crippen molar-refractivity contribution in [3.63, 3.8) is 0 Å². The predicted octanol–water partition coefficient (Wildman–Crippen LogP) is 3.00. The van der Waals surface area contributed by atoms with Crippen LogP contribution in [-0.4, -0.2) is 20.0 Å². The SMILES string of the molecule is C[Si](C)(C#CC[C@@H](O)c1ccc2c(c1)OCO2)c1ccccc1. The molecule has 1 atom stereocenters. The first-order chi connectivity index (χ1) is 11.1. The standard InChI is InChI=1S/C19H20O3Si/c1-23(2,16-7-4-3-5-8-16)12-6-9-17(20)15-10-11-18-19(13-15)22-14-21-18/h3-5,7-8,10-11,13,17,20H,9,14H2,1-2H3/t17-/m1/s1. The van der Waals surface area contributed by atoms with Gasteiger partial charge in [0.25, 0.3) is 0 Å². The Bertz CT molecular complexity index is 744. The molecule has 23 heavy (non-hydrogen) atoms. The first-order valence-electron chi connectivity index (χ1n) is 7.69. The van der Waals surface area contributed by atoms with Crippen LogP contribution in [0, 0.1) is 11.5 Å². The zero-order valence-corrected chi connectivity index (χ0v) is 14.4. The molecule has 0 amide bonds. The molecule has 0 aliphatic carbocycles. The average molecular weight is 324 g/mol. The van der Waals surface area contributed by atoms with Gasteiger partial charge in [-0.25, -0.2) is 0 Å². The van der Waals surface area contributed by atoms with Gasteiger partial charge in [-0.2, -0.15) is 0 Å². The molecule has 0 saturated heterocycles. The molecule has 1 aliphatic rings. The molecule has 118 valence electrons. The highest BCUT2D eigenvalue weighted by Gasteiger charge is 2.20. The molecule has 4 heteroatoms. The van der Waals surface area contributed by atoms with Crippen molar-refractivity contribution >= 4 is 13.3 Å².